The molecule has 1 saturated carbocycles. The van der Waals surface area contributed by atoms with Gasteiger partial charge in [-0.2, -0.15) is 0 Å². The van der Waals surface area contributed by atoms with Gasteiger partial charge in [0.05, 0.1) is 0 Å². The third kappa shape index (κ3) is 4.77. The summed E-state index contributed by atoms with van der Waals surface area (Å²) in [5.41, 5.74) is 6.15. The molecule has 19 heavy (non-hydrogen) atoms. The van der Waals surface area contributed by atoms with Crippen molar-refractivity contribution in [3.63, 3.8) is 0 Å². The van der Waals surface area contributed by atoms with Crippen molar-refractivity contribution in [2.75, 3.05) is 20.1 Å². The van der Waals surface area contributed by atoms with Gasteiger partial charge in [0.15, 0.2) is 0 Å². The van der Waals surface area contributed by atoms with Crippen LogP contribution in [0.4, 0.5) is 0 Å². The van der Waals surface area contributed by atoms with Crippen LogP contribution >= 0.6 is 0 Å². The lowest BCUT2D eigenvalue weighted by Gasteiger charge is -2.46. The van der Waals surface area contributed by atoms with Crippen molar-refractivity contribution in [2.45, 2.75) is 64.5 Å². The molecule has 0 aliphatic heterocycles. The molecule has 0 spiro atoms. The Morgan fingerprint density at radius 2 is 2.21 bits per heavy atom. The minimum absolute atomic E-state index is 0.107. The van der Waals surface area contributed by atoms with Gasteiger partial charge < -0.3 is 11.1 Å². The third-order valence-electron chi connectivity index (χ3n) is 4.38. The Morgan fingerprint density at radius 3 is 2.74 bits per heavy atom. The molecule has 0 aromatic rings. The highest BCUT2D eigenvalue weighted by molar-refractivity contribution is 5.76. The molecule has 1 rings (SSSR count). The zero-order valence-corrected chi connectivity index (χ0v) is 13.0. The van der Waals surface area contributed by atoms with E-state index in [-0.39, 0.29) is 17.5 Å². The maximum Gasteiger partial charge on any atom is 0.221 e. The van der Waals surface area contributed by atoms with E-state index in [0.717, 1.165) is 25.3 Å². The lowest BCUT2D eigenvalue weighted by atomic mass is 9.75. The normalized spacial score (nSPS) is 27.8. The fourth-order valence-electron chi connectivity index (χ4n) is 3.22. The summed E-state index contributed by atoms with van der Waals surface area (Å²) in [6.45, 7) is 7.78. The van der Waals surface area contributed by atoms with Crippen molar-refractivity contribution < 1.29 is 4.79 Å². The molecular weight excluding hydrogens is 238 g/mol. The number of likely N-dealkylation sites (N-methyl/N-ethyl adjacent to an activating group) is 1. The lowest BCUT2D eigenvalue weighted by molar-refractivity contribution is -0.122. The molecule has 3 N–H and O–H groups in total. The van der Waals surface area contributed by atoms with Gasteiger partial charge in [-0.15, -0.1) is 0 Å². The lowest BCUT2D eigenvalue weighted by Crippen LogP contribution is -2.55. The average Bonchev–Trinajstić information content (AvgIpc) is 2.34. The topological polar surface area (TPSA) is 58.4 Å². The summed E-state index contributed by atoms with van der Waals surface area (Å²) in [6.07, 6.45) is 5.44. The number of carbonyl (C=O) groups is 1. The Hall–Kier alpha value is -0.610. The van der Waals surface area contributed by atoms with Crippen LogP contribution in [0.5, 0.6) is 0 Å². The average molecular weight is 269 g/mol. The van der Waals surface area contributed by atoms with E-state index in [1.165, 1.54) is 12.8 Å². The van der Waals surface area contributed by atoms with Crippen molar-refractivity contribution in [3.05, 3.63) is 0 Å². The molecule has 1 aliphatic carbocycles. The Bertz CT molecular complexity index is 293. The summed E-state index contributed by atoms with van der Waals surface area (Å²) in [6, 6.07) is 0.218. The molecule has 4 nitrogen and oxygen atoms in total. The first-order valence-electron chi connectivity index (χ1n) is 7.60. The molecule has 0 heterocycles. The molecule has 0 aromatic carbocycles. The van der Waals surface area contributed by atoms with Crippen LogP contribution in [0.25, 0.3) is 0 Å². The van der Waals surface area contributed by atoms with Crippen LogP contribution < -0.4 is 11.1 Å². The van der Waals surface area contributed by atoms with Crippen LogP contribution in [0.1, 0.15) is 52.9 Å². The molecule has 1 aliphatic rings. The minimum Gasteiger partial charge on any atom is -0.354 e. The molecule has 1 fully saturated rings. The number of rotatable bonds is 6. The maximum absolute atomic E-state index is 11.7. The van der Waals surface area contributed by atoms with Gasteiger partial charge in [-0.3, -0.25) is 9.69 Å². The zero-order chi connectivity index (χ0) is 14.5. The Kier molecular flexibility index (Phi) is 6.27. The fraction of sp³-hybridized carbons (Fsp3) is 0.933. The molecule has 0 aromatic heterocycles. The van der Waals surface area contributed by atoms with Gasteiger partial charge in [0, 0.05) is 31.1 Å². The second-order valence-electron chi connectivity index (χ2n) is 6.52. The van der Waals surface area contributed by atoms with E-state index in [9.17, 15) is 4.79 Å². The van der Waals surface area contributed by atoms with Crippen LogP contribution in [-0.4, -0.2) is 42.5 Å². The molecular formula is C15H31N3O. The van der Waals surface area contributed by atoms with Gasteiger partial charge in [0.2, 0.25) is 5.91 Å². The van der Waals surface area contributed by atoms with E-state index in [1.54, 1.807) is 0 Å². The molecule has 1 amide bonds. The first-order valence-corrected chi connectivity index (χ1v) is 7.60. The van der Waals surface area contributed by atoms with Crippen LogP contribution in [-0.2, 0) is 4.79 Å². The number of carbonyl (C=O) groups excluding carboxylic acids is 1. The summed E-state index contributed by atoms with van der Waals surface area (Å²) in [7, 11) is 2.12. The second kappa shape index (κ2) is 7.25. The predicted molar refractivity (Wildman–Crippen MR) is 79.9 cm³/mol. The van der Waals surface area contributed by atoms with E-state index < -0.39 is 0 Å². The largest absolute Gasteiger partial charge is 0.354 e. The van der Waals surface area contributed by atoms with Crippen molar-refractivity contribution in [1.82, 2.24) is 10.2 Å². The van der Waals surface area contributed by atoms with Gasteiger partial charge in [-0.25, -0.2) is 0 Å². The zero-order valence-electron chi connectivity index (χ0n) is 13.0. The SMILES string of the molecule is CC1CCCC(CN)(N(C)CCC(=O)NC(C)C)C1. The summed E-state index contributed by atoms with van der Waals surface area (Å²) < 4.78 is 0. The number of nitrogens with two attached hydrogens (primary N) is 1. The Balaban J connectivity index is 2.49. The van der Waals surface area contributed by atoms with Gasteiger partial charge in [0.1, 0.15) is 0 Å². The van der Waals surface area contributed by atoms with Crippen LogP contribution in [0.3, 0.4) is 0 Å². The summed E-state index contributed by atoms with van der Waals surface area (Å²) in [4.78, 5) is 14.1. The number of hydrogen-bond donors (Lipinski definition) is 2. The van der Waals surface area contributed by atoms with E-state index in [0.29, 0.717) is 13.0 Å². The van der Waals surface area contributed by atoms with Gasteiger partial charge in [-0.05, 0) is 39.7 Å². The van der Waals surface area contributed by atoms with Gasteiger partial charge in [0.25, 0.3) is 0 Å². The first kappa shape index (κ1) is 16.4. The van der Waals surface area contributed by atoms with Gasteiger partial charge in [-0.1, -0.05) is 19.8 Å². The molecule has 0 bridgehead atoms. The highest BCUT2D eigenvalue weighted by Crippen LogP contribution is 2.35. The van der Waals surface area contributed by atoms with Crippen molar-refractivity contribution in [3.8, 4) is 0 Å². The monoisotopic (exact) mass is 269 g/mol. The van der Waals surface area contributed by atoms with Crippen molar-refractivity contribution in [2.24, 2.45) is 11.7 Å². The maximum atomic E-state index is 11.7. The Labute approximate surface area is 118 Å². The van der Waals surface area contributed by atoms with Crippen LogP contribution in [0.15, 0.2) is 0 Å². The molecule has 2 atom stereocenters. The van der Waals surface area contributed by atoms with E-state index >= 15 is 0 Å². The van der Waals surface area contributed by atoms with Gasteiger partial charge >= 0.3 is 0 Å². The van der Waals surface area contributed by atoms with Crippen LogP contribution in [0, 0.1) is 5.92 Å². The predicted octanol–water partition coefficient (Wildman–Crippen LogP) is 1.74. The fourth-order valence-corrected chi connectivity index (χ4v) is 3.22. The summed E-state index contributed by atoms with van der Waals surface area (Å²) >= 11 is 0. The molecule has 0 radical (unpaired) electrons. The smallest absolute Gasteiger partial charge is 0.221 e. The third-order valence-corrected chi connectivity index (χ3v) is 4.38. The molecule has 2 unspecified atom stereocenters. The van der Waals surface area contributed by atoms with E-state index in [2.05, 4.69) is 24.2 Å². The highest BCUT2D eigenvalue weighted by atomic mass is 16.1. The standard InChI is InChI=1S/C15H31N3O/c1-12(2)17-14(19)7-9-18(4)15(11-16)8-5-6-13(3)10-15/h12-13H,5-11,16H2,1-4H3,(H,17,19). The Morgan fingerprint density at radius 1 is 1.53 bits per heavy atom. The quantitative estimate of drug-likeness (QED) is 0.772. The number of nitrogens with one attached hydrogen (secondary N) is 1. The van der Waals surface area contributed by atoms with Crippen LogP contribution in [0.2, 0.25) is 0 Å². The number of hydrogen-bond acceptors (Lipinski definition) is 3. The van der Waals surface area contributed by atoms with Crippen molar-refractivity contribution in [1.29, 1.82) is 0 Å². The van der Waals surface area contributed by atoms with E-state index in [1.807, 2.05) is 13.8 Å². The number of nitrogens with zero attached hydrogens (tertiary/aromatic N) is 1. The highest BCUT2D eigenvalue weighted by Gasteiger charge is 2.37. The second-order valence-corrected chi connectivity index (χ2v) is 6.52. The molecule has 0 saturated heterocycles. The molecule has 112 valence electrons. The number of amides is 1. The minimum atomic E-state index is 0.107. The van der Waals surface area contributed by atoms with Crippen molar-refractivity contribution >= 4 is 5.91 Å². The first-order chi connectivity index (χ1) is 8.89. The van der Waals surface area contributed by atoms with E-state index in [4.69, 9.17) is 5.73 Å². The molecule has 4 heteroatoms. The summed E-state index contributed by atoms with van der Waals surface area (Å²) in [5.74, 6) is 0.877. The summed E-state index contributed by atoms with van der Waals surface area (Å²) in [5, 5.41) is 2.94.